The smallest absolute Gasteiger partial charge is 0.359 e. The molecule has 1 aromatic carbocycles. The van der Waals surface area contributed by atoms with E-state index in [1.54, 1.807) is 24.3 Å². The highest BCUT2D eigenvalue weighted by atomic mass is 16.5. The molecule has 0 atom stereocenters. The summed E-state index contributed by atoms with van der Waals surface area (Å²) in [5.41, 5.74) is -0.794. The first-order valence-electron chi connectivity index (χ1n) is 8.44. The fourth-order valence-corrected chi connectivity index (χ4v) is 3.25. The number of fused-ring (bicyclic) bond motifs is 1. The molecule has 2 aromatic rings. The molecule has 1 amide bonds. The summed E-state index contributed by atoms with van der Waals surface area (Å²) in [4.78, 5) is 36.2. The molecule has 0 bridgehead atoms. The SMILES string of the molecule is CC(C)(C)CC(C)(C)NC(=O)COC(=O)c1n[nH]c(=O)c2ccccc12. The van der Waals surface area contributed by atoms with Gasteiger partial charge in [-0.15, -0.1) is 0 Å². The maximum atomic E-state index is 12.3. The molecule has 0 saturated carbocycles. The maximum absolute atomic E-state index is 12.3. The third-order valence-corrected chi connectivity index (χ3v) is 3.67. The Morgan fingerprint density at radius 1 is 1.12 bits per heavy atom. The van der Waals surface area contributed by atoms with E-state index in [4.69, 9.17) is 4.74 Å². The molecule has 0 aliphatic rings. The number of benzene rings is 1. The molecule has 7 nitrogen and oxygen atoms in total. The summed E-state index contributed by atoms with van der Waals surface area (Å²) in [5, 5.41) is 9.63. The van der Waals surface area contributed by atoms with Gasteiger partial charge in [-0.05, 0) is 31.7 Å². The van der Waals surface area contributed by atoms with E-state index in [9.17, 15) is 14.4 Å². The summed E-state index contributed by atoms with van der Waals surface area (Å²) in [6.45, 7) is 9.71. The first kappa shape index (κ1) is 19.6. The summed E-state index contributed by atoms with van der Waals surface area (Å²) in [6, 6.07) is 6.59. The molecule has 0 spiro atoms. The van der Waals surface area contributed by atoms with Crippen LogP contribution in [-0.2, 0) is 9.53 Å². The van der Waals surface area contributed by atoms with Crippen molar-refractivity contribution in [2.75, 3.05) is 6.61 Å². The minimum Gasteiger partial charge on any atom is -0.451 e. The first-order chi connectivity index (χ1) is 12.0. The summed E-state index contributed by atoms with van der Waals surface area (Å²) in [7, 11) is 0. The second kappa shape index (κ2) is 7.27. The third-order valence-electron chi connectivity index (χ3n) is 3.67. The van der Waals surface area contributed by atoms with Gasteiger partial charge in [0.15, 0.2) is 12.3 Å². The average Bonchev–Trinajstić information content (AvgIpc) is 2.50. The van der Waals surface area contributed by atoms with Crippen LogP contribution in [0.25, 0.3) is 10.8 Å². The van der Waals surface area contributed by atoms with E-state index in [1.807, 2.05) is 13.8 Å². The van der Waals surface area contributed by atoms with E-state index in [-0.39, 0.29) is 22.6 Å². The van der Waals surface area contributed by atoms with Gasteiger partial charge in [0.25, 0.3) is 11.5 Å². The lowest BCUT2D eigenvalue weighted by atomic mass is 9.82. The number of esters is 1. The van der Waals surface area contributed by atoms with Gasteiger partial charge in [0.1, 0.15) is 0 Å². The number of carbonyl (C=O) groups excluding carboxylic acids is 2. The number of aromatic amines is 1. The van der Waals surface area contributed by atoms with Crippen molar-refractivity contribution in [3.8, 4) is 0 Å². The lowest BCUT2D eigenvalue weighted by Gasteiger charge is -2.33. The van der Waals surface area contributed by atoms with E-state index in [1.165, 1.54) is 0 Å². The molecule has 140 valence electrons. The van der Waals surface area contributed by atoms with Gasteiger partial charge in [-0.2, -0.15) is 5.10 Å². The lowest BCUT2D eigenvalue weighted by molar-refractivity contribution is -0.126. The van der Waals surface area contributed by atoms with E-state index in [0.717, 1.165) is 6.42 Å². The zero-order chi connectivity index (χ0) is 19.5. The molecule has 0 radical (unpaired) electrons. The Bertz CT molecular complexity index is 878. The highest BCUT2D eigenvalue weighted by Crippen LogP contribution is 2.26. The molecule has 0 fully saturated rings. The van der Waals surface area contributed by atoms with Crippen LogP contribution in [0.2, 0.25) is 0 Å². The fourth-order valence-electron chi connectivity index (χ4n) is 3.25. The Balaban J connectivity index is 2.04. The Labute approximate surface area is 152 Å². The molecule has 2 N–H and O–H groups in total. The largest absolute Gasteiger partial charge is 0.451 e. The monoisotopic (exact) mass is 359 g/mol. The average molecular weight is 359 g/mol. The fraction of sp³-hybridized carbons (Fsp3) is 0.474. The van der Waals surface area contributed by atoms with E-state index in [2.05, 4.69) is 36.3 Å². The van der Waals surface area contributed by atoms with Crippen molar-refractivity contribution in [3.05, 3.63) is 40.3 Å². The predicted octanol–water partition coefficient (Wildman–Crippen LogP) is 2.41. The number of H-pyrrole nitrogens is 1. The number of carbonyl (C=O) groups is 2. The Kier molecular flexibility index (Phi) is 5.49. The zero-order valence-electron chi connectivity index (χ0n) is 15.8. The van der Waals surface area contributed by atoms with Crippen LogP contribution in [0.5, 0.6) is 0 Å². The van der Waals surface area contributed by atoms with Crippen molar-refractivity contribution >= 4 is 22.6 Å². The van der Waals surface area contributed by atoms with Crippen LogP contribution in [0.3, 0.4) is 0 Å². The molecule has 0 aliphatic heterocycles. The minimum absolute atomic E-state index is 0.0260. The molecule has 1 aromatic heterocycles. The highest BCUT2D eigenvalue weighted by molar-refractivity contribution is 6.02. The summed E-state index contributed by atoms with van der Waals surface area (Å²) in [6.07, 6.45) is 0.770. The lowest BCUT2D eigenvalue weighted by Crippen LogP contribution is -2.47. The van der Waals surface area contributed by atoms with Crippen LogP contribution >= 0.6 is 0 Å². The van der Waals surface area contributed by atoms with Crippen molar-refractivity contribution in [1.82, 2.24) is 15.5 Å². The Hall–Kier alpha value is -2.70. The number of ether oxygens (including phenoxy) is 1. The van der Waals surface area contributed by atoms with E-state index < -0.39 is 18.1 Å². The van der Waals surface area contributed by atoms with Gasteiger partial charge >= 0.3 is 5.97 Å². The van der Waals surface area contributed by atoms with Gasteiger partial charge < -0.3 is 10.1 Å². The summed E-state index contributed by atoms with van der Waals surface area (Å²) < 4.78 is 5.08. The molecular weight excluding hydrogens is 334 g/mol. The standard InChI is InChI=1S/C19H25N3O4/c1-18(2,3)11-19(4,5)20-14(23)10-26-17(25)15-12-8-6-7-9-13(12)16(24)22-21-15/h6-9H,10-11H2,1-5H3,(H,20,23)(H,22,24). The molecule has 1 heterocycles. The first-order valence-corrected chi connectivity index (χ1v) is 8.44. The molecule has 0 aliphatic carbocycles. The number of hydrogen-bond acceptors (Lipinski definition) is 5. The number of aromatic nitrogens is 2. The van der Waals surface area contributed by atoms with E-state index in [0.29, 0.717) is 10.8 Å². The van der Waals surface area contributed by atoms with Gasteiger partial charge in [0.05, 0.1) is 5.39 Å². The number of amides is 1. The Morgan fingerprint density at radius 3 is 2.35 bits per heavy atom. The van der Waals surface area contributed by atoms with Crippen LogP contribution in [0.15, 0.2) is 29.1 Å². The maximum Gasteiger partial charge on any atom is 0.359 e. The second-order valence-corrected chi connectivity index (χ2v) is 8.19. The molecule has 0 saturated heterocycles. The Morgan fingerprint density at radius 2 is 1.73 bits per heavy atom. The predicted molar refractivity (Wildman–Crippen MR) is 98.9 cm³/mol. The quantitative estimate of drug-likeness (QED) is 0.798. The van der Waals surface area contributed by atoms with Crippen LogP contribution in [-0.4, -0.2) is 34.2 Å². The van der Waals surface area contributed by atoms with Crippen LogP contribution in [0.1, 0.15) is 51.5 Å². The third kappa shape index (κ3) is 5.15. The van der Waals surface area contributed by atoms with Gasteiger partial charge in [-0.3, -0.25) is 9.59 Å². The van der Waals surface area contributed by atoms with Crippen molar-refractivity contribution in [3.63, 3.8) is 0 Å². The van der Waals surface area contributed by atoms with Gasteiger partial charge in [-0.1, -0.05) is 39.0 Å². The van der Waals surface area contributed by atoms with Crippen LogP contribution in [0, 0.1) is 5.41 Å². The number of rotatable bonds is 5. The van der Waals surface area contributed by atoms with Gasteiger partial charge in [0, 0.05) is 10.9 Å². The summed E-state index contributed by atoms with van der Waals surface area (Å²) in [5.74, 6) is -1.15. The van der Waals surface area contributed by atoms with Crippen LogP contribution in [0.4, 0.5) is 0 Å². The van der Waals surface area contributed by atoms with Gasteiger partial charge in [0.2, 0.25) is 0 Å². The number of nitrogens with zero attached hydrogens (tertiary/aromatic N) is 1. The highest BCUT2D eigenvalue weighted by Gasteiger charge is 2.27. The molecular formula is C19H25N3O4. The normalized spacial score (nSPS) is 12.0. The molecule has 7 heteroatoms. The zero-order valence-corrected chi connectivity index (χ0v) is 15.8. The molecule has 0 unspecified atom stereocenters. The van der Waals surface area contributed by atoms with Crippen molar-refractivity contribution in [1.29, 1.82) is 0 Å². The minimum atomic E-state index is -0.763. The second-order valence-electron chi connectivity index (χ2n) is 8.19. The summed E-state index contributed by atoms with van der Waals surface area (Å²) >= 11 is 0. The van der Waals surface area contributed by atoms with E-state index >= 15 is 0 Å². The topological polar surface area (TPSA) is 101 Å². The van der Waals surface area contributed by atoms with Crippen molar-refractivity contribution in [2.24, 2.45) is 5.41 Å². The number of nitrogens with one attached hydrogen (secondary N) is 2. The molecule has 26 heavy (non-hydrogen) atoms. The van der Waals surface area contributed by atoms with Crippen LogP contribution < -0.4 is 10.9 Å². The van der Waals surface area contributed by atoms with Gasteiger partial charge in [-0.25, -0.2) is 9.89 Å². The van der Waals surface area contributed by atoms with Crippen molar-refractivity contribution < 1.29 is 14.3 Å². The van der Waals surface area contributed by atoms with Crippen molar-refractivity contribution in [2.45, 2.75) is 46.6 Å². The number of hydrogen-bond donors (Lipinski definition) is 2. The molecule has 2 rings (SSSR count).